The molecular weight excluding hydrogens is 593 g/mol. The minimum atomic E-state index is 0.445. The molecule has 0 amide bonds. The predicted molar refractivity (Wildman–Crippen MR) is 208 cm³/mol. The fourth-order valence-electron chi connectivity index (χ4n) is 7.66. The van der Waals surface area contributed by atoms with Crippen LogP contribution in [0.1, 0.15) is 2.74 Å². The van der Waals surface area contributed by atoms with Gasteiger partial charge in [-0.3, -0.25) is 0 Å². The van der Waals surface area contributed by atoms with Crippen molar-refractivity contribution in [2.75, 3.05) is 0 Å². The molecule has 0 aliphatic rings. The summed E-state index contributed by atoms with van der Waals surface area (Å²) in [6.07, 6.45) is 0. The molecule has 10 aromatic rings. The maximum absolute atomic E-state index is 8.05. The molecule has 1 heterocycles. The SMILES string of the molecule is [2H]c1ccc2cc(-c3ccc(-c4c5ccccc5c(-c5ccc(-c6cccc7oc8cc([2H])ccc8c67)cc5)c5ccccc45)cc3)ccc2c1. The topological polar surface area (TPSA) is 13.1 Å². The van der Waals surface area contributed by atoms with Crippen molar-refractivity contribution >= 4 is 54.3 Å². The third-order valence-electron chi connectivity index (χ3n) is 9.95. The Morgan fingerprint density at radius 3 is 1.57 bits per heavy atom. The van der Waals surface area contributed by atoms with Crippen LogP contribution in [0.15, 0.2) is 186 Å². The molecule has 49 heavy (non-hydrogen) atoms. The number of hydrogen-bond acceptors (Lipinski definition) is 1. The van der Waals surface area contributed by atoms with Crippen LogP contribution in [0.5, 0.6) is 0 Å². The van der Waals surface area contributed by atoms with E-state index in [1.54, 1.807) is 6.07 Å². The summed E-state index contributed by atoms with van der Waals surface area (Å²) in [6, 6.07) is 60.5. The van der Waals surface area contributed by atoms with Gasteiger partial charge in [-0.15, -0.1) is 0 Å². The molecule has 1 heteroatoms. The van der Waals surface area contributed by atoms with Gasteiger partial charge in [0.1, 0.15) is 11.2 Å². The lowest BCUT2D eigenvalue weighted by Crippen LogP contribution is -1.91. The predicted octanol–water partition coefficient (Wildman–Crippen LogP) is 13.7. The number of benzene rings is 9. The zero-order valence-electron chi connectivity index (χ0n) is 28.6. The molecule has 0 aliphatic carbocycles. The molecule has 228 valence electrons. The number of fused-ring (bicyclic) bond motifs is 6. The van der Waals surface area contributed by atoms with E-state index < -0.39 is 0 Å². The first-order valence-electron chi connectivity index (χ1n) is 17.7. The average Bonchev–Trinajstić information content (AvgIpc) is 3.55. The largest absolute Gasteiger partial charge is 0.456 e. The minimum absolute atomic E-state index is 0.445. The van der Waals surface area contributed by atoms with Crippen LogP contribution in [0.25, 0.3) is 98.8 Å². The monoisotopic (exact) mass is 624 g/mol. The number of hydrogen-bond donors (Lipinski definition) is 0. The van der Waals surface area contributed by atoms with E-state index in [0.717, 1.165) is 43.8 Å². The lowest BCUT2D eigenvalue weighted by molar-refractivity contribution is 0.669. The molecule has 0 aliphatic heterocycles. The molecule has 0 radical (unpaired) electrons. The highest BCUT2D eigenvalue weighted by molar-refractivity contribution is 6.21. The zero-order chi connectivity index (χ0) is 34.1. The van der Waals surface area contributed by atoms with Gasteiger partial charge in [0.2, 0.25) is 0 Å². The van der Waals surface area contributed by atoms with Crippen LogP contribution in [-0.4, -0.2) is 0 Å². The van der Waals surface area contributed by atoms with E-state index >= 15 is 0 Å². The molecule has 0 bridgehead atoms. The Morgan fingerprint density at radius 2 is 0.898 bits per heavy atom. The molecule has 1 nitrogen and oxygen atoms in total. The van der Waals surface area contributed by atoms with Crippen molar-refractivity contribution in [3.63, 3.8) is 0 Å². The van der Waals surface area contributed by atoms with E-state index in [1.807, 2.05) is 42.5 Å². The summed E-state index contributed by atoms with van der Waals surface area (Å²) in [4.78, 5) is 0. The van der Waals surface area contributed by atoms with Gasteiger partial charge in [-0.1, -0.05) is 164 Å². The van der Waals surface area contributed by atoms with E-state index in [0.29, 0.717) is 12.1 Å². The summed E-state index contributed by atoms with van der Waals surface area (Å²) in [6.45, 7) is 0. The number of furan rings is 1. The standard InChI is InChI=1S/C48H30O/c1-2-11-36-30-37(29-22-31(36)10-1)32-20-25-34(26-21-32)46-39-12-3-5-14-41(39)47(42-15-6-4-13-40(42)46)35-27-23-33(24-28-35)38-17-9-19-45-48(38)43-16-7-8-18-44(43)49-45/h1-30H/i1D,8D. The first-order chi connectivity index (χ1) is 25.1. The van der Waals surface area contributed by atoms with Crippen LogP contribution in [0.4, 0.5) is 0 Å². The van der Waals surface area contributed by atoms with Gasteiger partial charge in [0.25, 0.3) is 0 Å². The Bertz CT molecular complexity index is 2910. The number of para-hydroxylation sites is 1. The highest BCUT2D eigenvalue weighted by atomic mass is 16.3. The van der Waals surface area contributed by atoms with Crippen LogP contribution in [0.3, 0.4) is 0 Å². The summed E-state index contributed by atoms with van der Waals surface area (Å²) < 4.78 is 22.2. The van der Waals surface area contributed by atoms with Crippen molar-refractivity contribution in [1.82, 2.24) is 0 Å². The van der Waals surface area contributed by atoms with Crippen LogP contribution in [-0.2, 0) is 0 Å². The second kappa shape index (κ2) is 11.1. The van der Waals surface area contributed by atoms with Crippen LogP contribution in [0.2, 0.25) is 0 Å². The maximum atomic E-state index is 8.05. The van der Waals surface area contributed by atoms with Gasteiger partial charge in [0.05, 0.1) is 2.74 Å². The summed E-state index contributed by atoms with van der Waals surface area (Å²) in [7, 11) is 0. The van der Waals surface area contributed by atoms with Crippen molar-refractivity contribution in [3.05, 3.63) is 182 Å². The second-order valence-corrected chi connectivity index (χ2v) is 12.7. The summed E-state index contributed by atoms with van der Waals surface area (Å²) in [5.74, 6) is 0. The van der Waals surface area contributed by atoms with E-state index in [-0.39, 0.29) is 0 Å². The van der Waals surface area contributed by atoms with Gasteiger partial charge in [0, 0.05) is 10.8 Å². The van der Waals surface area contributed by atoms with Gasteiger partial charge < -0.3 is 4.42 Å². The molecule has 0 spiro atoms. The Hall–Kier alpha value is -6.44. The molecule has 0 N–H and O–H groups in total. The first-order valence-corrected chi connectivity index (χ1v) is 16.7. The van der Waals surface area contributed by atoms with Gasteiger partial charge in [-0.25, -0.2) is 0 Å². The lowest BCUT2D eigenvalue weighted by Gasteiger charge is -2.18. The third kappa shape index (κ3) is 4.47. The number of rotatable bonds is 4. The van der Waals surface area contributed by atoms with Crippen molar-refractivity contribution in [2.45, 2.75) is 0 Å². The molecule has 0 fully saturated rings. The van der Waals surface area contributed by atoms with E-state index in [4.69, 9.17) is 7.16 Å². The maximum Gasteiger partial charge on any atom is 0.136 e. The fraction of sp³-hybridized carbons (Fsp3) is 0. The third-order valence-corrected chi connectivity index (χ3v) is 9.95. The Kier molecular flexibility index (Phi) is 5.79. The van der Waals surface area contributed by atoms with Crippen LogP contribution in [0, 0.1) is 0 Å². The van der Waals surface area contributed by atoms with Crippen molar-refractivity contribution in [1.29, 1.82) is 0 Å². The smallest absolute Gasteiger partial charge is 0.136 e. The minimum Gasteiger partial charge on any atom is -0.456 e. The Labute approximate surface area is 287 Å². The quantitative estimate of drug-likeness (QED) is 0.178. The first kappa shape index (κ1) is 25.6. The van der Waals surface area contributed by atoms with E-state index in [9.17, 15) is 0 Å². The fourth-order valence-corrected chi connectivity index (χ4v) is 7.66. The van der Waals surface area contributed by atoms with Gasteiger partial charge in [-0.05, 0) is 95.0 Å². The van der Waals surface area contributed by atoms with Gasteiger partial charge in [0.15, 0.2) is 0 Å². The molecule has 0 saturated carbocycles. The molecule has 1 aromatic heterocycles. The van der Waals surface area contributed by atoms with Crippen LogP contribution < -0.4 is 0 Å². The molecular formula is C48H30O. The molecule has 10 rings (SSSR count). The van der Waals surface area contributed by atoms with Gasteiger partial charge >= 0.3 is 0 Å². The van der Waals surface area contributed by atoms with Crippen molar-refractivity contribution < 1.29 is 7.16 Å². The lowest BCUT2D eigenvalue weighted by atomic mass is 9.85. The molecule has 0 atom stereocenters. The summed E-state index contributed by atoms with van der Waals surface area (Å²) in [5.41, 5.74) is 11.0. The summed E-state index contributed by atoms with van der Waals surface area (Å²) in [5, 5.41) is 9.23. The highest BCUT2D eigenvalue weighted by Gasteiger charge is 2.17. The highest BCUT2D eigenvalue weighted by Crippen LogP contribution is 2.45. The molecule has 9 aromatic carbocycles. The van der Waals surface area contributed by atoms with Crippen molar-refractivity contribution in [3.8, 4) is 44.5 Å². The van der Waals surface area contributed by atoms with E-state index in [2.05, 4.69) is 121 Å². The Balaban J connectivity index is 1.09. The molecule has 0 saturated heterocycles. The van der Waals surface area contributed by atoms with Crippen molar-refractivity contribution in [2.24, 2.45) is 0 Å². The zero-order valence-corrected chi connectivity index (χ0v) is 26.6. The Morgan fingerprint density at radius 1 is 0.347 bits per heavy atom. The molecule has 0 unspecified atom stereocenters. The average molecular weight is 625 g/mol. The van der Waals surface area contributed by atoms with Crippen LogP contribution >= 0.6 is 0 Å². The normalized spacial score (nSPS) is 12.2. The van der Waals surface area contributed by atoms with Gasteiger partial charge in [-0.2, -0.15) is 0 Å². The summed E-state index contributed by atoms with van der Waals surface area (Å²) >= 11 is 0. The van der Waals surface area contributed by atoms with E-state index in [1.165, 1.54) is 54.9 Å². The second-order valence-electron chi connectivity index (χ2n) is 12.7.